The minimum atomic E-state index is -3.62. The summed E-state index contributed by atoms with van der Waals surface area (Å²) >= 11 is 0. The molecule has 1 saturated heterocycles. The Labute approximate surface area is 171 Å². The molecule has 2 heterocycles. The van der Waals surface area contributed by atoms with Gasteiger partial charge in [0.05, 0.1) is 6.04 Å². The number of anilines is 2. The van der Waals surface area contributed by atoms with E-state index in [1.807, 2.05) is 12.3 Å². The van der Waals surface area contributed by atoms with E-state index >= 15 is 0 Å². The minimum Gasteiger partial charge on any atom is -0.368 e. The zero-order valence-electron chi connectivity index (χ0n) is 17.0. The quantitative estimate of drug-likeness (QED) is 0.743. The zero-order valence-corrected chi connectivity index (χ0v) is 17.9. The van der Waals surface area contributed by atoms with Gasteiger partial charge < -0.3 is 9.80 Å². The third-order valence-electron chi connectivity index (χ3n) is 5.78. The summed E-state index contributed by atoms with van der Waals surface area (Å²) in [4.78, 5) is 13.5. The molecule has 1 aromatic carbocycles. The maximum absolute atomic E-state index is 14.0. The van der Waals surface area contributed by atoms with Crippen LogP contribution < -0.4 is 9.80 Å². The van der Waals surface area contributed by atoms with Crippen molar-refractivity contribution in [2.45, 2.75) is 43.5 Å². The summed E-state index contributed by atoms with van der Waals surface area (Å²) in [6.45, 7) is 6.44. The van der Waals surface area contributed by atoms with E-state index in [0.29, 0.717) is 24.9 Å². The van der Waals surface area contributed by atoms with Gasteiger partial charge >= 0.3 is 0 Å². The second-order valence-electron chi connectivity index (χ2n) is 8.39. The molecular weight excluding hydrogens is 391 g/mol. The van der Waals surface area contributed by atoms with Crippen molar-refractivity contribution >= 4 is 21.5 Å². The number of piperazine rings is 1. The van der Waals surface area contributed by atoms with Crippen LogP contribution in [0.15, 0.2) is 35.4 Å². The molecule has 8 heteroatoms. The van der Waals surface area contributed by atoms with E-state index in [1.54, 1.807) is 6.07 Å². The fourth-order valence-corrected chi connectivity index (χ4v) is 4.70. The Morgan fingerprint density at radius 2 is 1.93 bits per heavy atom. The number of benzene rings is 1. The lowest BCUT2D eigenvalue weighted by Gasteiger charge is -2.44. The first kappa shape index (κ1) is 20.1. The first-order valence-corrected chi connectivity index (χ1v) is 12.0. The summed E-state index contributed by atoms with van der Waals surface area (Å²) in [5.74, 6) is 0.981. The molecule has 0 unspecified atom stereocenters. The zero-order chi connectivity index (χ0) is 20.8. The molecule has 0 N–H and O–H groups in total. The summed E-state index contributed by atoms with van der Waals surface area (Å²) in [5.41, 5.74) is 1.85. The smallest absolute Gasteiger partial charge is 0.225 e. The van der Waals surface area contributed by atoms with Crippen molar-refractivity contribution in [3.8, 4) is 0 Å². The molecule has 0 spiro atoms. The van der Waals surface area contributed by atoms with E-state index in [0.717, 1.165) is 30.1 Å². The van der Waals surface area contributed by atoms with E-state index in [2.05, 4.69) is 28.6 Å². The van der Waals surface area contributed by atoms with Crippen LogP contribution in [0.25, 0.3) is 0 Å². The summed E-state index contributed by atoms with van der Waals surface area (Å²) in [7, 11) is -3.62. The molecule has 1 aliphatic carbocycles. The maximum Gasteiger partial charge on any atom is 0.225 e. The third kappa shape index (κ3) is 4.22. The number of aromatic nitrogens is 2. The van der Waals surface area contributed by atoms with Crippen molar-refractivity contribution in [1.29, 1.82) is 0 Å². The molecule has 0 amide bonds. The SMILES string of the molecule is CC(C)[C@@H]1CN(c2ccc(F)c(S(C)(=O)=O)c2)CCN1c1nccc(C2CC2)n1. The van der Waals surface area contributed by atoms with Crippen LogP contribution in [0, 0.1) is 11.7 Å². The van der Waals surface area contributed by atoms with Gasteiger partial charge in [0.25, 0.3) is 0 Å². The molecule has 0 bridgehead atoms. The van der Waals surface area contributed by atoms with E-state index in [1.165, 1.54) is 25.0 Å². The van der Waals surface area contributed by atoms with Gasteiger partial charge in [-0.05, 0) is 43.0 Å². The van der Waals surface area contributed by atoms with Gasteiger partial charge in [0, 0.05) is 49.4 Å². The van der Waals surface area contributed by atoms with Crippen LogP contribution in [0.3, 0.4) is 0 Å². The van der Waals surface area contributed by atoms with Crippen LogP contribution in [-0.2, 0) is 9.84 Å². The molecule has 4 rings (SSSR count). The van der Waals surface area contributed by atoms with Gasteiger partial charge in [0.15, 0.2) is 9.84 Å². The van der Waals surface area contributed by atoms with E-state index in [4.69, 9.17) is 4.98 Å². The number of halogens is 1. The molecule has 6 nitrogen and oxygen atoms in total. The monoisotopic (exact) mass is 418 g/mol. The second-order valence-corrected chi connectivity index (χ2v) is 10.4. The number of hydrogen-bond donors (Lipinski definition) is 0. The highest BCUT2D eigenvalue weighted by atomic mass is 32.2. The molecule has 156 valence electrons. The Morgan fingerprint density at radius 1 is 1.17 bits per heavy atom. The number of rotatable bonds is 5. The average Bonchev–Trinajstić information content (AvgIpc) is 3.52. The van der Waals surface area contributed by atoms with Crippen LogP contribution >= 0.6 is 0 Å². The summed E-state index contributed by atoms with van der Waals surface area (Å²) in [5, 5.41) is 0. The van der Waals surface area contributed by atoms with Gasteiger partial charge in [-0.25, -0.2) is 22.8 Å². The fraction of sp³-hybridized carbons (Fsp3) is 0.524. The van der Waals surface area contributed by atoms with Gasteiger partial charge in [-0.2, -0.15) is 0 Å². The maximum atomic E-state index is 14.0. The number of hydrogen-bond acceptors (Lipinski definition) is 6. The van der Waals surface area contributed by atoms with E-state index < -0.39 is 15.7 Å². The lowest BCUT2D eigenvalue weighted by atomic mass is 9.99. The van der Waals surface area contributed by atoms with Crippen molar-refractivity contribution < 1.29 is 12.8 Å². The van der Waals surface area contributed by atoms with Crippen molar-refractivity contribution in [3.63, 3.8) is 0 Å². The van der Waals surface area contributed by atoms with Gasteiger partial charge in [-0.3, -0.25) is 0 Å². The van der Waals surface area contributed by atoms with Crippen LogP contribution in [0.5, 0.6) is 0 Å². The number of nitrogens with zero attached hydrogens (tertiary/aromatic N) is 4. The van der Waals surface area contributed by atoms with Crippen molar-refractivity contribution in [2.75, 3.05) is 35.7 Å². The Bertz CT molecular complexity index is 1010. The van der Waals surface area contributed by atoms with Crippen molar-refractivity contribution in [2.24, 2.45) is 5.92 Å². The van der Waals surface area contributed by atoms with Crippen molar-refractivity contribution in [3.05, 3.63) is 42.0 Å². The van der Waals surface area contributed by atoms with Crippen LogP contribution in [-0.4, -0.2) is 50.3 Å². The molecule has 2 aliphatic rings. The van der Waals surface area contributed by atoms with Crippen molar-refractivity contribution in [1.82, 2.24) is 9.97 Å². The topological polar surface area (TPSA) is 66.4 Å². The second kappa shape index (κ2) is 7.55. The van der Waals surface area contributed by atoms with Crippen LogP contribution in [0.2, 0.25) is 0 Å². The first-order chi connectivity index (χ1) is 13.7. The van der Waals surface area contributed by atoms with Gasteiger partial charge in [-0.15, -0.1) is 0 Å². The predicted molar refractivity (Wildman–Crippen MR) is 112 cm³/mol. The molecule has 2 aromatic rings. The Hall–Kier alpha value is -2.22. The molecule has 1 aromatic heterocycles. The minimum absolute atomic E-state index is 0.171. The lowest BCUT2D eigenvalue weighted by Crippen LogP contribution is -2.56. The van der Waals surface area contributed by atoms with Gasteiger partial charge in [0.2, 0.25) is 5.95 Å². The third-order valence-corrected chi connectivity index (χ3v) is 6.90. The predicted octanol–water partition coefficient (Wildman–Crippen LogP) is 3.25. The Kier molecular flexibility index (Phi) is 5.23. The Balaban J connectivity index is 1.60. The van der Waals surface area contributed by atoms with Crippen LogP contribution in [0.4, 0.5) is 16.0 Å². The molecule has 1 saturated carbocycles. The Morgan fingerprint density at radius 3 is 2.59 bits per heavy atom. The highest BCUT2D eigenvalue weighted by Crippen LogP contribution is 2.39. The normalized spacial score (nSPS) is 20.4. The summed E-state index contributed by atoms with van der Waals surface area (Å²) in [6, 6.07) is 6.52. The standard InChI is InChI=1S/C21H27FN4O2S/c1-14(2)19-13-25(16-6-7-17(22)20(12-16)29(3,27)28)10-11-26(19)21-23-9-8-18(24-21)15-4-5-15/h6-9,12,14-15,19H,4-5,10-11,13H2,1-3H3/t19-/m0/s1. The summed E-state index contributed by atoms with van der Waals surface area (Å²) < 4.78 is 37.8. The highest BCUT2D eigenvalue weighted by Gasteiger charge is 2.33. The van der Waals surface area contributed by atoms with E-state index in [9.17, 15) is 12.8 Å². The van der Waals surface area contributed by atoms with Crippen LogP contribution in [0.1, 0.15) is 38.3 Å². The molecule has 29 heavy (non-hydrogen) atoms. The van der Waals surface area contributed by atoms with Gasteiger partial charge in [-0.1, -0.05) is 13.8 Å². The number of sulfone groups is 1. The van der Waals surface area contributed by atoms with Gasteiger partial charge in [0.1, 0.15) is 10.7 Å². The molecule has 2 fully saturated rings. The highest BCUT2D eigenvalue weighted by molar-refractivity contribution is 7.90. The lowest BCUT2D eigenvalue weighted by molar-refractivity contribution is 0.413. The molecule has 0 radical (unpaired) electrons. The molecule has 1 atom stereocenters. The molecular formula is C21H27FN4O2S. The average molecular weight is 419 g/mol. The fourth-order valence-electron chi connectivity index (χ4n) is 3.94. The summed E-state index contributed by atoms with van der Waals surface area (Å²) in [6.07, 6.45) is 5.28. The first-order valence-electron chi connectivity index (χ1n) is 10.1. The largest absolute Gasteiger partial charge is 0.368 e. The molecule has 1 aliphatic heterocycles. The van der Waals surface area contributed by atoms with E-state index in [-0.39, 0.29) is 10.9 Å².